The molecule has 1 heterocycles. The smallest absolute Gasteiger partial charge is 0.331 e. The van der Waals surface area contributed by atoms with Crippen LogP contribution in [-0.2, 0) is 14.3 Å². The Morgan fingerprint density at radius 3 is 2.58 bits per heavy atom. The van der Waals surface area contributed by atoms with Gasteiger partial charge in [-0.05, 0) is 31.3 Å². The minimum atomic E-state index is -1.85. The summed E-state index contributed by atoms with van der Waals surface area (Å²) in [6, 6.07) is 0. The van der Waals surface area contributed by atoms with Crippen molar-refractivity contribution in [2.75, 3.05) is 0 Å². The first kappa shape index (κ1) is 23.7. The van der Waals surface area contributed by atoms with Crippen LogP contribution in [0.15, 0.2) is 36.0 Å². The Hall–Kier alpha value is -2.00. The lowest BCUT2D eigenvalue weighted by atomic mass is 9.46. The molecule has 0 aromatic rings. The lowest BCUT2D eigenvalue weighted by molar-refractivity contribution is -0.188. The summed E-state index contributed by atoms with van der Waals surface area (Å²) in [5.41, 5.74) is -2.96. The molecule has 31 heavy (non-hydrogen) atoms. The first-order valence-electron chi connectivity index (χ1n) is 10.7. The van der Waals surface area contributed by atoms with Crippen molar-refractivity contribution in [3.05, 3.63) is 36.0 Å². The van der Waals surface area contributed by atoms with E-state index in [4.69, 9.17) is 4.74 Å². The number of ether oxygens (including phenoxy) is 1. The molecule has 8 nitrogen and oxygen atoms in total. The molecule has 1 saturated heterocycles. The summed E-state index contributed by atoms with van der Waals surface area (Å²) >= 11 is 0. The van der Waals surface area contributed by atoms with E-state index < -0.39 is 47.4 Å². The van der Waals surface area contributed by atoms with E-state index in [1.807, 2.05) is 20.8 Å². The number of aliphatic hydroxyl groups excluding tert-OH is 3. The molecule has 7 atom stereocenters. The van der Waals surface area contributed by atoms with Crippen LogP contribution < -0.4 is 5.32 Å². The molecule has 1 aliphatic heterocycles. The molecule has 172 valence electrons. The molecule has 5 N–H and O–H groups in total. The number of carbonyl (C=O) groups excluding carboxylic acids is 2. The number of hydrogen-bond acceptors (Lipinski definition) is 7. The Morgan fingerprint density at radius 2 is 1.94 bits per heavy atom. The molecule has 3 rings (SSSR count). The standard InChI is InChI=1S/C23H33NO7/c1-13(25)15(26)8-5-6-9-17(27)31-16-12-14-19(28)24-20(29)23(14,30)22(4)11-7-10-21(2,3)18(16)22/h5-6,8-9,12-13,15-16,18-19,25-26,28,30H,7,10-11H2,1-4H3,(H,24,29)/b8-5+,9-6+. The molecule has 1 saturated carbocycles. The van der Waals surface area contributed by atoms with Crippen LogP contribution in [0.4, 0.5) is 0 Å². The molecule has 3 aliphatic rings. The predicted octanol–water partition coefficient (Wildman–Crippen LogP) is 0.704. The molecule has 1 amide bonds. The predicted molar refractivity (Wildman–Crippen MR) is 112 cm³/mol. The zero-order valence-corrected chi connectivity index (χ0v) is 18.4. The molecule has 0 spiro atoms. The summed E-state index contributed by atoms with van der Waals surface area (Å²) in [6.07, 6.45) is 5.08. The molecule has 0 aromatic carbocycles. The largest absolute Gasteiger partial charge is 0.455 e. The van der Waals surface area contributed by atoms with Crippen LogP contribution in [0.3, 0.4) is 0 Å². The molecule has 2 fully saturated rings. The van der Waals surface area contributed by atoms with Crippen molar-refractivity contribution < 1.29 is 34.8 Å². The fourth-order valence-electron chi connectivity index (χ4n) is 5.76. The Bertz CT molecular complexity index is 830. The number of allylic oxidation sites excluding steroid dienone is 2. The van der Waals surface area contributed by atoms with Gasteiger partial charge in [0, 0.05) is 23.0 Å². The summed E-state index contributed by atoms with van der Waals surface area (Å²) in [4.78, 5) is 25.2. The van der Waals surface area contributed by atoms with E-state index in [9.17, 15) is 30.0 Å². The molecule has 2 aliphatic carbocycles. The lowest BCUT2D eigenvalue weighted by Gasteiger charge is -2.59. The highest BCUT2D eigenvalue weighted by Crippen LogP contribution is 2.63. The van der Waals surface area contributed by atoms with Gasteiger partial charge in [0.25, 0.3) is 5.91 Å². The number of amides is 1. The molecule has 0 bridgehead atoms. The first-order chi connectivity index (χ1) is 14.3. The summed E-state index contributed by atoms with van der Waals surface area (Å²) in [5, 5.41) is 43.1. The Morgan fingerprint density at radius 1 is 1.26 bits per heavy atom. The van der Waals surface area contributed by atoms with Gasteiger partial charge in [-0.1, -0.05) is 45.4 Å². The number of esters is 1. The number of aliphatic hydroxyl groups is 4. The summed E-state index contributed by atoms with van der Waals surface area (Å²) < 4.78 is 5.74. The van der Waals surface area contributed by atoms with E-state index in [1.54, 1.807) is 0 Å². The van der Waals surface area contributed by atoms with Gasteiger partial charge in [-0.2, -0.15) is 0 Å². The van der Waals surface area contributed by atoms with Crippen LogP contribution in [0, 0.1) is 16.7 Å². The van der Waals surface area contributed by atoms with Gasteiger partial charge < -0.3 is 30.5 Å². The van der Waals surface area contributed by atoms with E-state index in [2.05, 4.69) is 5.32 Å². The van der Waals surface area contributed by atoms with Gasteiger partial charge in [0.15, 0.2) is 11.8 Å². The lowest BCUT2D eigenvalue weighted by Crippen LogP contribution is -2.65. The van der Waals surface area contributed by atoms with Crippen molar-refractivity contribution in [2.45, 2.75) is 77.1 Å². The number of hydrogen-bond donors (Lipinski definition) is 5. The molecule has 8 heteroatoms. The second-order valence-corrected chi connectivity index (χ2v) is 9.82. The topological polar surface area (TPSA) is 136 Å². The normalized spacial score (nSPS) is 38.9. The SMILES string of the molecule is CC(O)C(O)/C=C/C=C/C(=O)OC1C=C2C(O)NC(=O)C2(O)C2(C)CCCC(C)(C)C12. The zero-order valence-electron chi connectivity index (χ0n) is 18.4. The maximum Gasteiger partial charge on any atom is 0.331 e. The number of carbonyl (C=O) groups is 2. The van der Waals surface area contributed by atoms with Gasteiger partial charge in [0.1, 0.15) is 6.10 Å². The third kappa shape index (κ3) is 3.86. The average molecular weight is 436 g/mol. The monoisotopic (exact) mass is 435 g/mol. The van der Waals surface area contributed by atoms with E-state index >= 15 is 0 Å². The maximum atomic E-state index is 12.7. The maximum absolute atomic E-state index is 12.7. The molecule has 7 unspecified atom stereocenters. The Labute approximate surface area is 182 Å². The van der Waals surface area contributed by atoms with Gasteiger partial charge in [0.05, 0.1) is 12.2 Å². The van der Waals surface area contributed by atoms with Crippen molar-refractivity contribution in [2.24, 2.45) is 16.7 Å². The van der Waals surface area contributed by atoms with Crippen LogP contribution in [0.25, 0.3) is 0 Å². The van der Waals surface area contributed by atoms with E-state index in [-0.39, 0.29) is 16.9 Å². The van der Waals surface area contributed by atoms with Crippen LogP contribution in [0.2, 0.25) is 0 Å². The van der Waals surface area contributed by atoms with Crippen LogP contribution in [-0.4, -0.2) is 62.4 Å². The number of nitrogens with one attached hydrogen (secondary N) is 1. The van der Waals surface area contributed by atoms with Crippen LogP contribution in [0.5, 0.6) is 0 Å². The highest BCUT2D eigenvalue weighted by molar-refractivity contribution is 5.94. The molecule has 0 aromatic heterocycles. The summed E-state index contributed by atoms with van der Waals surface area (Å²) in [5.74, 6) is -1.59. The van der Waals surface area contributed by atoms with Crippen molar-refractivity contribution in [3.63, 3.8) is 0 Å². The van der Waals surface area contributed by atoms with E-state index in [0.717, 1.165) is 12.8 Å². The third-order valence-electron chi connectivity index (χ3n) is 7.25. The van der Waals surface area contributed by atoms with Crippen molar-refractivity contribution in [3.8, 4) is 0 Å². The van der Waals surface area contributed by atoms with Gasteiger partial charge in [-0.3, -0.25) is 4.79 Å². The van der Waals surface area contributed by atoms with Gasteiger partial charge >= 0.3 is 5.97 Å². The summed E-state index contributed by atoms with van der Waals surface area (Å²) in [6.45, 7) is 7.36. The van der Waals surface area contributed by atoms with Gasteiger partial charge in [-0.25, -0.2) is 4.79 Å². The first-order valence-corrected chi connectivity index (χ1v) is 10.7. The third-order valence-corrected chi connectivity index (χ3v) is 7.25. The second kappa shape index (κ2) is 8.16. The number of rotatable bonds is 5. The van der Waals surface area contributed by atoms with E-state index in [0.29, 0.717) is 6.42 Å². The molecular weight excluding hydrogens is 402 g/mol. The molecular formula is C23H33NO7. The Kier molecular flexibility index (Phi) is 6.23. The van der Waals surface area contributed by atoms with Gasteiger partial charge in [-0.15, -0.1) is 0 Å². The average Bonchev–Trinajstić information content (AvgIpc) is 2.88. The van der Waals surface area contributed by atoms with Crippen molar-refractivity contribution in [1.29, 1.82) is 0 Å². The summed E-state index contributed by atoms with van der Waals surface area (Å²) in [7, 11) is 0. The number of fused-ring (bicyclic) bond motifs is 3. The molecule has 0 radical (unpaired) electrons. The second-order valence-electron chi connectivity index (χ2n) is 9.82. The minimum Gasteiger partial charge on any atom is -0.455 e. The fraction of sp³-hybridized carbons (Fsp3) is 0.652. The van der Waals surface area contributed by atoms with Crippen LogP contribution in [0.1, 0.15) is 47.0 Å². The minimum absolute atomic E-state index is 0.135. The zero-order chi connectivity index (χ0) is 23.2. The van der Waals surface area contributed by atoms with Crippen LogP contribution >= 0.6 is 0 Å². The van der Waals surface area contributed by atoms with Gasteiger partial charge in [0.2, 0.25) is 0 Å². The fourth-order valence-corrected chi connectivity index (χ4v) is 5.76. The quantitative estimate of drug-likeness (QED) is 0.186. The highest BCUT2D eigenvalue weighted by Gasteiger charge is 2.70. The van der Waals surface area contributed by atoms with E-state index in [1.165, 1.54) is 37.3 Å². The van der Waals surface area contributed by atoms with Crippen molar-refractivity contribution >= 4 is 11.9 Å². The Balaban J connectivity index is 1.90. The van der Waals surface area contributed by atoms with Crippen molar-refractivity contribution in [1.82, 2.24) is 5.32 Å². The highest BCUT2D eigenvalue weighted by atomic mass is 16.5.